The van der Waals surface area contributed by atoms with Gasteiger partial charge in [-0.25, -0.2) is 0 Å². The highest BCUT2D eigenvalue weighted by Crippen LogP contribution is 2.36. The van der Waals surface area contributed by atoms with Crippen LogP contribution in [0.4, 0.5) is 0 Å². The normalized spacial score (nSPS) is 13.3. The van der Waals surface area contributed by atoms with Crippen molar-refractivity contribution in [1.29, 1.82) is 0 Å². The summed E-state index contributed by atoms with van der Waals surface area (Å²) < 4.78 is 2.37. The smallest absolute Gasteiger partial charge is 0.110 e. The monoisotopic (exact) mass is 306 g/mol. The first kappa shape index (κ1) is 13.5. The average molecular weight is 306 g/mol. The van der Waals surface area contributed by atoms with Gasteiger partial charge in [0.2, 0.25) is 0 Å². The quantitative estimate of drug-likeness (QED) is 0.613. The van der Waals surface area contributed by atoms with Gasteiger partial charge in [-0.3, -0.25) is 4.99 Å². The number of hydrogen-bond donors (Lipinski definition) is 0. The van der Waals surface area contributed by atoms with E-state index in [1.807, 2.05) is 11.3 Å². The fraction of sp³-hybridized carbons (Fsp3) is 0.211. The second-order valence-electron chi connectivity index (χ2n) is 5.80. The molecule has 3 heterocycles. The summed E-state index contributed by atoms with van der Waals surface area (Å²) in [5, 5.41) is 1.31. The maximum absolute atomic E-state index is 4.97. The standard InChI is InChI=1S/C19H18N2S/c1-12-9-10-16-11-20-18(15-7-5-4-6-8-15)17-13(2)14(3)22-19(17)21(12)16/h4-10H,11H2,1-3H3. The number of rotatable bonds is 1. The fourth-order valence-electron chi connectivity index (χ4n) is 3.12. The molecular weight excluding hydrogens is 288 g/mol. The van der Waals surface area contributed by atoms with Gasteiger partial charge in [0.25, 0.3) is 0 Å². The molecule has 3 heteroatoms. The molecule has 0 bridgehead atoms. The van der Waals surface area contributed by atoms with Gasteiger partial charge in [-0.1, -0.05) is 30.3 Å². The van der Waals surface area contributed by atoms with Crippen LogP contribution >= 0.6 is 11.3 Å². The molecule has 0 fully saturated rings. The molecule has 0 aliphatic carbocycles. The maximum atomic E-state index is 4.97. The maximum Gasteiger partial charge on any atom is 0.110 e. The van der Waals surface area contributed by atoms with Crippen molar-refractivity contribution in [1.82, 2.24) is 4.57 Å². The van der Waals surface area contributed by atoms with Gasteiger partial charge < -0.3 is 4.57 Å². The fourth-order valence-corrected chi connectivity index (χ4v) is 4.37. The predicted molar refractivity (Wildman–Crippen MR) is 93.6 cm³/mol. The number of nitrogens with zero attached hydrogens (tertiary/aromatic N) is 2. The van der Waals surface area contributed by atoms with E-state index in [0.717, 1.165) is 12.3 Å². The molecule has 2 aromatic heterocycles. The molecule has 4 rings (SSSR count). The highest BCUT2D eigenvalue weighted by atomic mass is 32.1. The average Bonchev–Trinajstić information content (AvgIpc) is 2.97. The Morgan fingerprint density at radius 1 is 1.00 bits per heavy atom. The molecule has 0 atom stereocenters. The van der Waals surface area contributed by atoms with E-state index in [2.05, 4.69) is 67.8 Å². The Balaban J connectivity index is 2.04. The van der Waals surface area contributed by atoms with Crippen molar-refractivity contribution >= 4 is 17.0 Å². The molecule has 0 N–H and O–H groups in total. The Morgan fingerprint density at radius 2 is 1.77 bits per heavy atom. The predicted octanol–water partition coefficient (Wildman–Crippen LogP) is 4.82. The summed E-state index contributed by atoms with van der Waals surface area (Å²) in [5.41, 5.74) is 7.52. The van der Waals surface area contributed by atoms with E-state index in [4.69, 9.17) is 4.99 Å². The molecular formula is C19H18N2S. The minimum absolute atomic E-state index is 0.734. The van der Waals surface area contributed by atoms with E-state index in [0.29, 0.717) is 0 Å². The molecule has 1 aliphatic heterocycles. The summed E-state index contributed by atoms with van der Waals surface area (Å²) >= 11 is 1.87. The van der Waals surface area contributed by atoms with Crippen molar-refractivity contribution in [2.75, 3.05) is 0 Å². The molecule has 1 aliphatic rings. The Labute approximate surface area is 134 Å². The van der Waals surface area contributed by atoms with E-state index < -0.39 is 0 Å². The van der Waals surface area contributed by atoms with Crippen LogP contribution in [0.15, 0.2) is 47.5 Å². The Morgan fingerprint density at radius 3 is 2.55 bits per heavy atom. The topological polar surface area (TPSA) is 17.3 Å². The molecule has 1 aromatic carbocycles. The third kappa shape index (κ3) is 1.89. The summed E-state index contributed by atoms with van der Waals surface area (Å²) in [5.74, 6) is 0. The van der Waals surface area contributed by atoms with Gasteiger partial charge in [0.15, 0.2) is 0 Å². The van der Waals surface area contributed by atoms with Crippen LogP contribution in [0.5, 0.6) is 0 Å². The van der Waals surface area contributed by atoms with Gasteiger partial charge in [0, 0.05) is 27.4 Å². The Bertz CT molecular complexity index is 882. The molecule has 2 nitrogen and oxygen atoms in total. The van der Waals surface area contributed by atoms with Crippen LogP contribution in [0.25, 0.3) is 5.00 Å². The lowest BCUT2D eigenvalue weighted by Gasteiger charge is -2.10. The summed E-state index contributed by atoms with van der Waals surface area (Å²) in [6.45, 7) is 7.33. The van der Waals surface area contributed by atoms with Crippen LogP contribution in [0.3, 0.4) is 0 Å². The first-order chi connectivity index (χ1) is 10.7. The highest BCUT2D eigenvalue weighted by Gasteiger charge is 2.24. The zero-order chi connectivity index (χ0) is 15.3. The third-order valence-corrected chi connectivity index (χ3v) is 5.60. The van der Waals surface area contributed by atoms with Crippen molar-refractivity contribution in [2.24, 2.45) is 4.99 Å². The van der Waals surface area contributed by atoms with Crippen LogP contribution in [0, 0.1) is 20.8 Å². The molecule has 110 valence electrons. The third-order valence-electron chi connectivity index (χ3n) is 4.41. The summed E-state index contributed by atoms with van der Waals surface area (Å²) in [4.78, 5) is 6.34. The molecule has 0 unspecified atom stereocenters. The SMILES string of the molecule is Cc1sc2c(c1C)C(c1ccccc1)=NCc1ccc(C)n1-2. The molecule has 22 heavy (non-hydrogen) atoms. The summed E-state index contributed by atoms with van der Waals surface area (Å²) in [6.07, 6.45) is 0. The van der Waals surface area contributed by atoms with Gasteiger partial charge >= 0.3 is 0 Å². The molecule has 0 saturated heterocycles. The number of fused-ring (bicyclic) bond motifs is 3. The second-order valence-corrected chi connectivity index (χ2v) is 7.00. The van der Waals surface area contributed by atoms with Crippen molar-refractivity contribution in [3.05, 3.63) is 75.4 Å². The molecule has 3 aromatic rings. The van der Waals surface area contributed by atoms with Gasteiger partial charge in [-0.15, -0.1) is 11.3 Å². The lowest BCUT2D eigenvalue weighted by atomic mass is 10.00. The number of hydrogen-bond acceptors (Lipinski definition) is 2. The Hall–Kier alpha value is -2.13. The summed E-state index contributed by atoms with van der Waals surface area (Å²) in [6, 6.07) is 14.9. The number of aromatic nitrogens is 1. The highest BCUT2D eigenvalue weighted by molar-refractivity contribution is 7.15. The van der Waals surface area contributed by atoms with Gasteiger partial charge in [0.05, 0.1) is 12.3 Å². The largest absolute Gasteiger partial charge is 0.307 e. The van der Waals surface area contributed by atoms with Crippen molar-refractivity contribution in [2.45, 2.75) is 27.3 Å². The van der Waals surface area contributed by atoms with Crippen LogP contribution in [0.1, 0.15) is 33.0 Å². The lowest BCUT2D eigenvalue weighted by molar-refractivity contribution is 0.910. The number of aryl methyl sites for hydroxylation is 2. The van der Waals surface area contributed by atoms with Crippen LogP contribution in [-0.4, -0.2) is 10.3 Å². The number of benzene rings is 1. The number of thiophene rings is 1. The van der Waals surface area contributed by atoms with E-state index in [-0.39, 0.29) is 0 Å². The summed E-state index contributed by atoms with van der Waals surface area (Å²) in [7, 11) is 0. The zero-order valence-corrected chi connectivity index (χ0v) is 13.9. The first-order valence-corrected chi connectivity index (χ1v) is 8.36. The van der Waals surface area contributed by atoms with Crippen molar-refractivity contribution in [3.63, 3.8) is 0 Å². The molecule has 0 amide bonds. The van der Waals surface area contributed by atoms with Crippen LogP contribution in [-0.2, 0) is 6.54 Å². The van der Waals surface area contributed by atoms with E-state index in [9.17, 15) is 0 Å². The van der Waals surface area contributed by atoms with Crippen LogP contribution < -0.4 is 0 Å². The second kappa shape index (κ2) is 4.96. The van der Waals surface area contributed by atoms with Gasteiger partial charge in [0.1, 0.15) is 5.00 Å². The van der Waals surface area contributed by atoms with Crippen molar-refractivity contribution in [3.8, 4) is 5.00 Å². The Kier molecular flexibility index (Phi) is 3.05. The molecule has 0 radical (unpaired) electrons. The molecule has 0 spiro atoms. The zero-order valence-electron chi connectivity index (χ0n) is 13.1. The minimum Gasteiger partial charge on any atom is -0.307 e. The van der Waals surface area contributed by atoms with E-state index in [1.54, 1.807) is 0 Å². The number of aliphatic imine (C=N–C) groups is 1. The van der Waals surface area contributed by atoms with Crippen molar-refractivity contribution < 1.29 is 0 Å². The first-order valence-electron chi connectivity index (χ1n) is 7.54. The van der Waals surface area contributed by atoms with Crippen LogP contribution in [0.2, 0.25) is 0 Å². The van der Waals surface area contributed by atoms with E-state index in [1.165, 1.54) is 38.0 Å². The van der Waals surface area contributed by atoms with Gasteiger partial charge in [-0.2, -0.15) is 0 Å². The lowest BCUT2D eigenvalue weighted by Crippen LogP contribution is -2.06. The molecule has 0 saturated carbocycles. The minimum atomic E-state index is 0.734. The van der Waals surface area contributed by atoms with Gasteiger partial charge in [-0.05, 0) is 38.5 Å². The van der Waals surface area contributed by atoms with E-state index >= 15 is 0 Å².